The molecule has 0 bridgehead atoms. The Hall–Kier alpha value is -1.49. The summed E-state index contributed by atoms with van der Waals surface area (Å²) in [5.41, 5.74) is 0.0428. The summed E-state index contributed by atoms with van der Waals surface area (Å²) in [6.07, 6.45) is 1.44. The van der Waals surface area contributed by atoms with Crippen LogP contribution in [0.5, 0.6) is 0 Å². The number of piperidine rings is 1. The third-order valence-electron chi connectivity index (χ3n) is 3.36. The Kier molecular flexibility index (Phi) is 5.16. The molecule has 0 radical (unpaired) electrons. The lowest BCUT2D eigenvalue weighted by atomic mass is 10.1. The lowest BCUT2D eigenvalue weighted by molar-refractivity contribution is 0.0206. The van der Waals surface area contributed by atoms with Crippen LogP contribution in [0.15, 0.2) is 18.2 Å². The third-order valence-corrected chi connectivity index (χ3v) is 3.69. The lowest BCUT2D eigenvalue weighted by Gasteiger charge is -2.35. The van der Waals surface area contributed by atoms with E-state index in [0.29, 0.717) is 23.8 Å². The summed E-state index contributed by atoms with van der Waals surface area (Å²) in [4.78, 5) is 13.8. The highest BCUT2D eigenvalue weighted by Crippen LogP contribution is 2.25. The van der Waals surface area contributed by atoms with Crippen LogP contribution in [0.1, 0.15) is 33.6 Å². The van der Waals surface area contributed by atoms with Gasteiger partial charge >= 0.3 is 6.09 Å². The Morgan fingerprint density at radius 2 is 2.18 bits per heavy atom. The first-order valence-corrected chi connectivity index (χ1v) is 7.82. The molecule has 1 aliphatic heterocycles. The molecule has 1 aromatic carbocycles. The van der Waals surface area contributed by atoms with Crippen LogP contribution in [0.4, 0.5) is 14.9 Å². The van der Waals surface area contributed by atoms with Gasteiger partial charge < -0.3 is 15.0 Å². The molecule has 1 atom stereocenters. The monoisotopic (exact) mass is 328 g/mol. The van der Waals surface area contributed by atoms with Crippen LogP contribution in [0.2, 0.25) is 5.02 Å². The molecule has 0 aliphatic carbocycles. The van der Waals surface area contributed by atoms with Crippen LogP contribution in [0, 0.1) is 5.82 Å². The van der Waals surface area contributed by atoms with Gasteiger partial charge in [0.05, 0.1) is 10.7 Å². The van der Waals surface area contributed by atoms with Gasteiger partial charge in [-0.25, -0.2) is 9.18 Å². The van der Waals surface area contributed by atoms with Crippen LogP contribution < -0.4 is 5.32 Å². The molecule has 1 saturated heterocycles. The molecule has 1 aromatic rings. The van der Waals surface area contributed by atoms with E-state index in [1.165, 1.54) is 18.2 Å². The van der Waals surface area contributed by atoms with Crippen molar-refractivity contribution in [2.24, 2.45) is 0 Å². The fraction of sp³-hybridized carbons (Fsp3) is 0.562. The van der Waals surface area contributed by atoms with Crippen molar-refractivity contribution in [3.8, 4) is 0 Å². The molecule has 0 saturated carbocycles. The summed E-state index contributed by atoms with van der Waals surface area (Å²) in [5.74, 6) is -0.341. The second-order valence-electron chi connectivity index (χ2n) is 6.53. The first kappa shape index (κ1) is 16.9. The minimum absolute atomic E-state index is 0.0283. The van der Waals surface area contributed by atoms with E-state index in [1.807, 2.05) is 20.8 Å². The first-order chi connectivity index (χ1) is 10.2. The average Bonchev–Trinajstić information content (AvgIpc) is 2.41. The third kappa shape index (κ3) is 4.77. The molecule has 1 aliphatic rings. The number of ether oxygens (including phenoxy) is 1. The number of nitrogens with zero attached hydrogens (tertiary/aromatic N) is 1. The molecular weight excluding hydrogens is 307 g/mol. The summed E-state index contributed by atoms with van der Waals surface area (Å²) < 4.78 is 18.7. The minimum Gasteiger partial charge on any atom is -0.444 e. The van der Waals surface area contributed by atoms with E-state index in [4.69, 9.17) is 16.3 Å². The zero-order chi connectivity index (χ0) is 16.3. The summed E-state index contributed by atoms with van der Waals surface area (Å²) in [6.45, 7) is 6.72. The maximum atomic E-state index is 13.3. The maximum absolute atomic E-state index is 13.3. The molecule has 2 rings (SSSR count). The zero-order valence-electron chi connectivity index (χ0n) is 13.2. The Balaban J connectivity index is 1.98. The van der Waals surface area contributed by atoms with Gasteiger partial charge in [0.2, 0.25) is 0 Å². The molecular formula is C16H22ClFN2O2. The Morgan fingerprint density at radius 1 is 1.45 bits per heavy atom. The van der Waals surface area contributed by atoms with Crippen LogP contribution in [0.3, 0.4) is 0 Å². The Morgan fingerprint density at radius 3 is 2.86 bits per heavy atom. The van der Waals surface area contributed by atoms with Crippen LogP contribution in [-0.4, -0.2) is 35.7 Å². The molecule has 1 unspecified atom stereocenters. The van der Waals surface area contributed by atoms with E-state index in [9.17, 15) is 9.18 Å². The fourth-order valence-electron chi connectivity index (χ4n) is 2.42. The number of carbonyl (C=O) groups excluding carboxylic acids is 1. The zero-order valence-corrected chi connectivity index (χ0v) is 13.9. The quantitative estimate of drug-likeness (QED) is 0.880. The van der Waals surface area contributed by atoms with Crippen molar-refractivity contribution >= 4 is 23.4 Å². The number of benzene rings is 1. The number of hydrogen-bond acceptors (Lipinski definition) is 3. The van der Waals surface area contributed by atoms with Crippen LogP contribution in [-0.2, 0) is 4.74 Å². The SMILES string of the molecule is CC(C)(C)OC(=O)N1CCCC(Nc2cc(F)ccc2Cl)C1. The molecule has 1 heterocycles. The molecule has 1 fully saturated rings. The smallest absolute Gasteiger partial charge is 0.410 e. The van der Waals surface area contributed by atoms with Crippen molar-refractivity contribution in [3.05, 3.63) is 29.0 Å². The second-order valence-corrected chi connectivity index (χ2v) is 6.94. The van der Waals surface area contributed by atoms with Gasteiger partial charge in [-0.2, -0.15) is 0 Å². The van der Waals surface area contributed by atoms with Crippen molar-refractivity contribution < 1.29 is 13.9 Å². The number of carbonyl (C=O) groups is 1. The van der Waals surface area contributed by atoms with E-state index in [0.717, 1.165) is 12.8 Å². The number of anilines is 1. The Bertz CT molecular complexity index is 545. The average molecular weight is 329 g/mol. The van der Waals surface area contributed by atoms with Gasteiger partial charge in [0.1, 0.15) is 11.4 Å². The second kappa shape index (κ2) is 6.73. The normalized spacial score (nSPS) is 19.0. The number of nitrogens with one attached hydrogen (secondary N) is 1. The van der Waals surface area contributed by atoms with E-state index in [1.54, 1.807) is 4.90 Å². The molecule has 6 heteroatoms. The van der Waals surface area contributed by atoms with Crippen LogP contribution in [0.25, 0.3) is 0 Å². The van der Waals surface area contributed by atoms with E-state index < -0.39 is 5.60 Å². The van der Waals surface area contributed by atoms with Gasteiger partial charge in [-0.05, 0) is 51.8 Å². The topological polar surface area (TPSA) is 41.6 Å². The maximum Gasteiger partial charge on any atom is 0.410 e. The first-order valence-electron chi connectivity index (χ1n) is 7.44. The van der Waals surface area contributed by atoms with Gasteiger partial charge in [0.15, 0.2) is 0 Å². The summed E-state index contributed by atoms with van der Waals surface area (Å²) in [6, 6.07) is 4.24. The van der Waals surface area contributed by atoms with Crippen molar-refractivity contribution in [3.63, 3.8) is 0 Å². The lowest BCUT2D eigenvalue weighted by Crippen LogP contribution is -2.47. The molecule has 1 amide bonds. The molecule has 1 N–H and O–H groups in total. The number of rotatable bonds is 2. The summed E-state index contributed by atoms with van der Waals surface area (Å²) in [7, 11) is 0. The molecule has 122 valence electrons. The van der Waals surface area contributed by atoms with Gasteiger partial charge in [-0.1, -0.05) is 11.6 Å². The predicted octanol–water partition coefficient (Wildman–Crippen LogP) is 4.29. The van der Waals surface area contributed by atoms with Crippen molar-refractivity contribution in [1.82, 2.24) is 4.90 Å². The van der Waals surface area contributed by atoms with Gasteiger partial charge in [-0.15, -0.1) is 0 Å². The van der Waals surface area contributed by atoms with Crippen molar-refractivity contribution in [2.45, 2.75) is 45.3 Å². The highest BCUT2D eigenvalue weighted by molar-refractivity contribution is 6.33. The summed E-state index contributed by atoms with van der Waals surface area (Å²) >= 11 is 6.07. The minimum atomic E-state index is -0.511. The van der Waals surface area contributed by atoms with Crippen molar-refractivity contribution in [1.29, 1.82) is 0 Å². The number of amides is 1. The highest BCUT2D eigenvalue weighted by Gasteiger charge is 2.27. The van der Waals surface area contributed by atoms with Crippen molar-refractivity contribution in [2.75, 3.05) is 18.4 Å². The Labute approximate surface area is 135 Å². The van der Waals surface area contributed by atoms with Gasteiger partial charge in [0, 0.05) is 19.1 Å². The highest BCUT2D eigenvalue weighted by atomic mass is 35.5. The molecule has 4 nitrogen and oxygen atoms in total. The molecule has 22 heavy (non-hydrogen) atoms. The predicted molar refractivity (Wildman–Crippen MR) is 85.9 cm³/mol. The van der Waals surface area contributed by atoms with E-state index >= 15 is 0 Å². The van der Waals surface area contributed by atoms with Gasteiger partial charge in [-0.3, -0.25) is 0 Å². The van der Waals surface area contributed by atoms with E-state index in [2.05, 4.69) is 5.32 Å². The largest absolute Gasteiger partial charge is 0.444 e. The van der Waals surface area contributed by atoms with E-state index in [-0.39, 0.29) is 18.0 Å². The van der Waals surface area contributed by atoms with Gasteiger partial charge in [0.25, 0.3) is 0 Å². The standard InChI is InChI=1S/C16H22ClFN2O2/c1-16(2,3)22-15(21)20-8-4-5-12(10-20)19-14-9-11(18)6-7-13(14)17/h6-7,9,12,19H,4-5,8,10H2,1-3H3. The molecule has 0 aromatic heterocycles. The number of likely N-dealkylation sites (tertiary alicyclic amines) is 1. The number of halogens is 2. The van der Waals surface area contributed by atoms with Crippen LogP contribution >= 0.6 is 11.6 Å². The molecule has 0 spiro atoms. The summed E-state index contributed by atoms with van der Waals surface area (Å²) in [5, 5.41) is 3.68. The number of hydrogen-bond donors (Lipinski definition) is 1. The fourth-order valence-corrected chi connectivity index (χ4v) is 2.59.